The first-order chi connectivity index (χ1) is 7.36. The molecule has 80 valence electrons. The lowest BCUT2D eigenvalue weighted by Crippen LogP contribution is -2.28. The number of H-pyrrole nitrogens is 1. The van der Waals surface area contributed by atoms with Crippen molar-refractivity contribution in [3.63, 3.8) is 0 Å². The second-order valence-corrected chi connectivity index (χ2v) is 2.97. The molecule has 15 heavy (non-hydrogen) atoms. The number of hydrogen-bond donors (Lipinski definition) is 2. The summed E-state index contributed by atoms with van der Waals surface area (Å²) in [6, 6.07) is 1.78. The van der Waals surface area contributed by atoms with Crippen LogP contribution in [-0.4, -0.2) is 29.3 Å². The number of ether oxygens (including phenoxy) is 2. The predicted octanol–water partition coefficient (Wildman–Crippen LogP) is -0.0859. The molecule has 0 radical (unpaired) electrons. The van der Waals surface area contributed by atoms with Gasteiger partial charge in [-0.1, -0.05) is 0 Å². The lowest BCUT2D eigenvalue weighted by Gasteiger charge is -2.14. The molecule has 2 N–H and O–H groups in total. The van der Waals surface area contributed by atoms with Gasteiger partial charge in [-0.15, -0.1) is 0 Å². The summed E-state index contributed by atoms with van der Waals surface area (Å²) in [5.74, 6) is -0.0786. The van der Waals surface area contributed by atoms with Crippen LogP contribution in [0.15, 0.2) is 24.3 Å². The van der Waals surface area contributed by atoms with E-state index in [1.165, 1.54) is 6.26 Å². The fraction of sp³-hybridized carbons (Fsp3) is 0.333. The maximum Gasteiger partial charge on any atom is 0.289 e. The zero-order chi connectivity index (χ0) is 10.5. The number of nitrogens with one attached hydrogen (secondary N) is 2. The van der Waals surface area contributed by atoms with E-state index < -0.39 is 0 Å². The molecule has 0 saturated carbocycles. The molecule has 0 spiro atoms. The highest BCUT2D eigenvalue weighted by Crippen LogP contribution is 2.04. The van der Waals surface area contributed by atoms with Gasteiger partial charge in [0.05, 0.1) is 12.2 Å². The van der Waals surface area contributed by atoms with E-state index in [4.69, 9.17) is 9.47 Å². The van der Waals surface area contributed by atoms with E-state index in [1.54, 1.807) is 12.3 Å². The van der Waals surface area contributed by atoms with Crippen molar-refractivity contribution in [3.8, 4) is 0 Å². The van der Waals surface area contributed by atoms with Crippen molar-refractivity contribution in [2.45, 2.75) is 6.54 Å². The molecular formula is C9H11N3O3. The first-order valence-corrected chi connectivity index (χ1v) is 4.57. The SMILES string of the molecule is O=C(NCc1ccn[nH]1)C1=COCCO1. The lowest BCUT2D eigenvalue weighted by molar-refractivity contribution is -0.122. The number of rotatable bonds is 3. The Kier molecular flexibility index (Phi) is 2.87. The van der Waals surface area contributed by atoms with E-state index in [1.807, 2.05) is 0 Å². The topological polar surface area (TPSA) is 76.2 Å². The molecule has 0 atom stereocenters. The van der Waals surface area contributed by atoms with Gasteiger partial charge in [-0.05, 0) is 6.07 Å². The number of aromatic amines is 1. The van der Waals surface area contributed by atoms with E-state index in [2.05, 4.69) is 15.5 Å². The number of carbonyl (C=O) groups is 1. The van der Waals surface area contributed by atoms with Gasteiger partial charge in [0.15, 0.2) is 0 Å². The highest BCUT2D eigenvalue weighted by Gasteiger charge is 2.14. The van der Waals surface area contributed by atoms with Crippen LogP contribution in [0.5, 0.6) is 0 Å². The van der Waals surface area contributed by atoms with Gasteiger partial charge in [0, 0.05) is 6.20 Å². The number of carbonyl (C=O) groups excluding carboxylic acids is 1. The summed E-state index contributed by atoms with van der Waals surface area (Å²) in [4.78, 5) is 11.5. The van der Waals surface area contributed by atoms with Crippen molar-refractivity contribution in [2.75, 3.05) is 13.2 Å². The summed E-state index contributed by atoms with van der Waals surface area (Å²) in [5, 5.41) is 9.18. The Hall–Kier alpha value is -1.98. The molecule has 0 bridgehead atoms. The zero-order valence-corrected chi connectivity index (χ0v) is 8.03. The summed E-state index contributed by atoms with van der Waals surface area (Å²) >= 11 is 0. The first kappa shape index (κ1) is 9.57. The first-order valence-electron chi connectivity index (χ1n) is 4.57. The van der Waals surface area contributed by atoms with E-state index >= 15 is 0 Å². The minimum Gasteiger partial charge on any atom is -0.494 e. The second-order valence-electron chi connectivity index (χ2n) is 2.97. The fourth-order valence-electron chi connectivity index (χ4n) is 1.13. The van der Waals surface area contributed by atoms with Crippen LogP contribution in [-0.2, 0) is 20.8 Å². The van der Waals surface area contributed by atoms with Crippen LogP contribution in [0.2, 0.25) is 0 Å². The summed E-state index contributed by atoms with van der Waals surface area (Å²) < 4.78 is 10.1. The van der Waals surface area contributed by atoms with Crippen LogP contribution >= 0.6 is 0 Å². The average molecular weight is 209 g/mol. The van der Waals surface area contributed by atoms with Crippen molar-refractivity contribution in [1.82, 2.24) is 15.5 Å². The van der Waals surface area contributed by atoms with Gasteiger partial charge < -0.3 is 14.8 Å². The van der Waals surface area contributed by atoms with Crippen molar-refractivity contribution in [3.05, 3.63) is 30.0 Å². The molecule has 6 nitrogen and oxygen atoms in total. The maximum absolute atomic E-state index is 11.5. The lowest BCUT2D eigenvalue weighted by atomic mass is 10.4. The minimum absolute atomic E-state index is 0.209. The van der Waals surface area contributed by atoms with Gasteiger partial charge in [-0.25, -0.2) is 0 Å². The molecule has 0 aliphatic carbocycles. The number of nitrogens with zero attached hydrogens (tertiary/aromatic N) is 1. The van der Waals surface area contributed by atoms with Crippen LogP contribution in [0, 0.1) is 0 Å². The Morgan fingerprint density at radius 2 is 2.53 bits per heavy atom. The molecule has 1 aromatic rings. The molecule has 6 heteroatoms. The van der Waals surface area contributed by atoms with Gasteiger partial charge >= 0.3 is 0 Å². The molecule has 2 heterocycles. The predicted molar refractivity (Wildman–Crippen MR) is 50.4 cm³/mol. The Bertz CT molecular complexity index is 359. The van der Waals surface area contributed by atoms with Gasteiger partial charge in [-0.2, -0.15) is 5.10 Å². The molecular weight excluding hydrogens is 198 g/mol. The third-order valence-electron chi connectivity index (χ3n) is 1.87. The van der Waals surface area contributed by atoms with Crippen molar-refractivity contribution >= 4 is 5.91 Å². The van der Waals surface area contributed by atoms with Crippen LogP contribution < -0.4 is 5.32 Å². The van der Waals surface area contributed by atoms with Crippen molar-refractivity contribution in [2.24, 2.45) is 0 Å². The fourth-order valence-corrected chi connectivity index (χ4v) is 1.13. The largest absolute Gasteiger partial charge is 0.494 e. The maximum atomic E-state index is 11.5. The Morgan fingerprint density at radius 1 is 1.60 bits per heavy atom. The third-order valence-corrected chi connectivity index (χ3v) is 1.87. The van der Waals surface area contributed by atoms with Gasteiger partial charge in [-0.3, -0.25) is 9.89 Å². The highest BCUT2D eigenvalue weighted by atomic mass is 16.6. The number of hydrogen-bond acceptors (Lipinski definition) is 4. The standard InChI is InChI=1S/C9H11N3O3/c13-9(8-6-14-3-4-15-8)10-5-7-1-2-11-12-7/h1-2,6H,3-5H2,(H,10,13)(H,11,12). The van der Waals surface area contributed by atoms with Crippen LogP contribution in [0.1, 0.15) is 5.69 Å². The summed E-state index contributed by atoms with van der Waals surface area (Å²) in [7, 11) is 0. The average Bonchev–Trinajstić information content (AvgIpc) is 2.80. The summed E-state index contributed by atoms with van der Waals surface area (Å²) in [5.41, 5.74) is 0.834. The third kappa shape index (κ3) is 2.49. The van der Waals surface area contributed by atoms with Gasteiger partial charge in [0.1, 0.15) is 19.5 Å². The molecule has 0 fully saturated rings. The normalized spacial score (nSPS) is 14.8. The molecule has 1 aromatic heterocycles. The van der Waals surface area contributed by atoms with Crippen LogP contribution in [0.4, 0.5) is 0 Å². The van der Waals surface area contributed by atoms with Crippen molar-refractivity contribution in [1.29, 1.82) is 0 Å². The Balaban J connectivity index is 1.84. The Morgan fingerprint density at radius 3 is 3.20 bits per heavy atom. The van der Waals surface area contributed by atoms with E-state index in [0.717, 1.165) is 5.69 Å². The smallest absolute Gasteiger partial charge is 0.289 e. The second kappa shape index (κ2) is 4.50. The number of aromatic nitrogens is 2. The molecule has 1 amide bonds. The molecule has 1 aliphatic rings. The molecule has 0 aromatic carbocycles. The molecule has 2 rings (SSSR count). The summed E-state index contributed by atoms with van der Waals surface area (Å²) in [6.45, 7) is 1.28. The minimum atomic E-state index is -0.288. The van der Waals surface area contributed by atoms with E-state index in [9.17, 15) is 4.79 Å². The van der Waals surface area contributed by atoms with Crippen LogP contribution in [0.25, 0.3) is 0 Å². The Labute approximate surface area is 86.3 Å². The molecule has 1 aliphatic heterocycles. The monoisotopic (exact) mass is 209 g/mol. The molecule has 0 saturated heterocycles. The quantitative estimate of drug-likeness (QED) is 0.729. The molecule has 0 unspecified atom stereocenters. The van der Waals surface area contributed by atoms with Gasteiger partial charge in [0.25, 0.3) is 5.91 Å². The van der Waals surface area contributed by atoms with Crippen molar-refractivity contribution < 1.29 is 14.3 Å². The van der Waals surface area contributed by atoms with Gasteiger partial charge in [0.2, 0.25) is 5.76 Å². The van der Waals surface area contributed by atoms with E-state index in [-0.39, 0.29) is 11.7 Å². The number of amides is 1. The highest BCUT2D eigenvalue weighted by molar-refractivity contribution is 5.91. The summed E-state index contributed by atoms with van der Waals surface area (Å²) in [6.07, 6.45) is 2.95. The zero-order valence-electron chi connectivity index (χ0n) is 8.03. The van der Waals surface area contributed by atoms with Crippen LogP contribution in [0.3, 0.4) is 0 Å². The van der Waals surface area contributed by atoms with E-state index in [0.29, 0.717) is 19.8 Å².